The van der Waals surface area contributed by atoms with Crippen LogP contribution in [0.25, 0.3) is 0 Å². The maximum absolute atomic E-state index is 11.5. The summed E-state index contributed by atoms with van der Waals surface area (Å²) in [5.74, 6) is 0. The summed E-state index contributed by atoms with van der Waals surface area (Å²) in [6.07, 6.45) is 2.62. The number of carbonyl (C=O) groups is 1. The molecule has 0 bridgehead atoms. The monoisotopic (exact) mass is 236 g/mol. The predicted octanol–water partition coefficient (Wildman–Crippen LogP) is 2.28. The van der Waals surface area contributed by atoms with Gasteiger partial charge in [-0.05, 0) is 38.3 Å². The summed E-state index contributed by atoms with van der Waals surface area (Å²) in [5, 5.41) is 14.1. The molecular formula is C13H20N2O2. The number of nitrogens with one attached hydrogen (secondary N) is 2. The zero-order valence-corrected chi connectivity index (χ0v) is 10.2. The van der Waals surface area contributed by atoms with Crippen molar-refractivity contribution < 1.29 is 9.90 Å². The third kappa shape index (κ3) is 5.92. The molecule has 0 heterocycles. The van der Waals surface area contributed by atoms with Gasteiger partial charge in [0.1, 0.15) is 0 Å². The van der Waals surface area contributed by atoms with Crippen molar-refractivity contribution in [3.8, 4) is 0 Å². The highest BCUT2D eigenvalue weighted by atomic mass is 16.2. The first kappa shape index (κ1) is 13.5. The number of aryl methyl sites for hydroxylation is 1. The Hall–Kier alpha value is -1.55. The Labute approximate surface area is 102 Å². The molecule has 0 fully saturated rings. The van der Waals surface area contributed by atoms with Crippen LogP contribution in [0.4, 0.5) is 10.5 Å². The van der Waals surface area contributed by atoms with E-state index in [4.69, 9.17) is 5.11 Å². The van der Waals surface area contributed by atoms with Gasteiger partial charge in [0.2, 0.25) is 0 Å². The summed E-state index contributed by atoms with van der Waals surface area (Å²) in [4.78, 5) is 11.5. The van der Waals surface area contributed by atoms with Crippen molar-refractivity contribution in [2.75, 3.05) is 18.5 Å². The van der Waals surface area contributed by atoms with Gasteiger partial charge in [-0.25, -0.2) is 4.79 Å². The smallest absolute Gasteiger partial charge is 0.319 e. The van der Waals surface area contributed by atoms with Crippen LogP contribution in [0.1, 0.15) is 24.8 Å². The molecule has 0 aliphatic rings. The molecule has 0 aromatic heterocycles. The van der Waals surface area contributed by atoms with Crippen LogP contribution in [0, 0.1) is 6.92 Å². The highest BCUT2D eigenvalue weighted by Gasteiger charge is 1.99. The van der Waals surface area contributed by atoms with Crippen LogP contribution >= 0.6 is 0 Å². The minimum absolute atomic E-state index is 0.183. The summed E-state index contributed by atoms with van der Waals surface area (Å²) in [5.41, 5.74) is 1.96. The molecule has 4 nitrogen and oxygen atoms in total. The van der Waals surface area contributed by atoms with E-state index in [1.165, 1.54) is 5.56 Å². The second-order valence-electron chi connectivity index (χ2n) is 4.03. The van der Waals surface area contributed by atoms with Gasteiger partial charge >= 0.3 is 6.03 Å². The van der Waals surface area contributed by atoms with E-state index in [1.54, 1.807) is 0 Å². The minimum Gasteiger partial charge on any atom is -0.396 e. The van der Waals surface area contributed by atoms with Crippen LogP contribution in [0.15, 0.2) is 24.3 Å². The number of carbonyl (C=O) groups excluding carboxylic acids is 1. The van der Waals surface area contributed by atoms with Crippen LogP contribution in [-0.4, -0.2) is 24.3 Å². The molecule has 1 aromatic rings. The maximum Gasteiger partial charge on any atom is 0.319 e. The fourth-order valence-corrected chi connectivity index (χ4v) is 1.43. The molecule has 3 N–H and O–H groups in total. The Morgan fingerprint density at radius 2 is 1.88 bits per heavy atom. The molecule has 4 heteroatoms. The first-order chi connectivity index (χ1) is 8.22. The molecule has 0 aliphatic carbocycles. The van der Waals surface area contributed by atoms with Gasteiger partial charge in [0.15, 0.2) is 0 Å². The summed E-state index contributed by atoms with van der Waals surface area (Å²) in [6.45, 7) is 2.86. The number of hydrogen-bond donors (Lipinski definition) is 3. The molecule has 0 atom stereocenters. The lowest BCUT2D eigenvalue weighted by Crippen LogP contribution is -2.29. The minimum atomic E-state index is -0.183. The van der Waals surface area contributed by atoms with E-state index in [2.05, 4.69) is 10.6 Å². The highest BCUT2D eigenvalue weighted by Crippen LogP contribution is 2.07. The van der Waals surface area contributed by atoms with E-state index in [1.807, 2.05) is 31.2 Å². The Balaban J connectivity index is 2.18. The van der Waals surface area contributed by atoms with Gasteiger partial charge in [-0.2, -0.15) is 0 Å². The van der Waals surface area contributed by atoms with Crippen LogP contribution in [0.5, 0.6) is 0 Å². The first-order valence-corrected chi connectivity index (χ1v) is 5.95. The van der Waals surface area contributed by atoms with Crippen molar-refractivity contribution in [1.29, 1.82) is 0 Å². The molecule has 17 heavy (non-hydrogen) atoms. The lowest BCUT2D eigenvalue weighted by molar-refractivity contribution is 0.251. The van der Waals surface area contributed by atoms with Crippen LogP contribution in [-0.2, 0) is 0 Å². The standard InChI is InChI=1S/C13H20N2O2/c1-11-5-7-12(8-6-11)15-13(17)14-9-3-2-4-10-16/h5-8,16H,2-4,9-10H2,1H3,(H2,14,15,17). The molecule has 94 valence electrons. The van der Waals surface area contributed by atoms with Gasteiger partial charge in [-0.15, -0.1) is 0 Å². The molecule has 2 amide bonds. The van der Waals surface area contributed by atoms with Crippen LogP contribution < -0.4 is 10.6 Å². The van der Waals surface area contributed by atoms with Crippen LogP contribution in [0.2, 0.25) is 0 Å². The van der Waals surface area contributed by atoms with E-state index >= 15 is 0 Å². The van der Waals surface area contributed by atoms with Crippen molar-refractivity contribution in [2.45, 2.75) is 26.2 Å². The van der Waals surface area contributed by atoms with Gasteiger partial charge < -0.3 is 15.7 Å². The van der Waals surface area contributed by atoms with Crippen molar-refractivity contribution in [3.63, 3.8) is 0 Å². The Kier molecular flexibility index (Phi) is 6.10. The molecule has 0 aliphatic heterocycles. The van der Waals surface area contributed by atoms with Gasteiger partial charge in [0, 0.05) is 18.8 Å². The van der Waals surface area contributed by atoms with Crippen molar-refractivity contribution in [1.82, 2.24) is 5.32 Å². The summed E-state index contributed by atoms with van der Waals surface area (Å²) in [6, 6.07) is 7.48. The molecule has 0 saturated carbocycles. The average Bonchev–Trinajstić information content (AvgIpc) is 2.32. The second kappa shape index (κ2) is 7.68. The van der Waals surface area contributed by atoms with Crippen molar-refractivity contribution >= 4 is 11.7 Å². The number of benzene rings is 1. The van der Waals surface area contributed by atoms with Gasteiger partial charge in [-0.3, -0.25) is 0 Å². The average molecular weight is 236 g/mol. The van der Waals surface area contributed by atoms with Gasteiger partial charge in [0.25, 0.3) is 0 Å². The lowest BCUT2D eigenvalue weighted by atomic mass is 10.2. The normalized spacial score (nSPS) is 10.0. The topological polar surface area (TPSA) is 61.4 Å². The zero-order chi connectivity index (χ0) is 12.5. The van der Waals surface area contributed by atoms with E-state index in [0.29, 0.717) is 6.54 Å². The number of aliphatic hydroxyl groups is 1. The number of aliphatic hydroxyl groups excluding tert-OH is 1. The highest BCUT2D eigenvalue weighted by molar-refractivity contribution is 5.89. The molecule has 1 aromatic carbocycles. The largest absolute Gasteiger partial charge is 0.396 e. The van der Waals surface area contributed by atoms with E-state index in [0.717, 1.165) is 24.9 Å². The fraction of sp³-hybridized carbons (Fsp3) is 0.462. The third-order valence-corrected chi connectivity index (χ3v) is 2.43. The van der Waals surface area contributed by atoms with Crippen molar-refractivity contribution in [2.24, 2.45) is 0 Å². The predicted molar refractivity (Wildman–Crippen MR) is 69.1 cm³/mol. The number of anilines is 1. The van der Waals surface area contributed by atoms with Crippen molar-refractivity contribution in [3.05, 3.63) is 29.8 Å². The van der Waals surface area contributed by atoms with E-state index < -0.39 is 0 Å². The SMILES string of the molecule is Cc1ccc(NC(=O)NCCCCCO)cc1. The number of unbranched alkanes of at least 4 members (excludes halogenated alkanes) is 2. The lowest BCUT2D eigenvalue weighted by Gasteiger charge is -2.07. The molecular weight excluding hydrogens is 216 g/mol. The number of rotatable bonds is 6. The molecule has 0 spiro atoms. The number of urea groups is 1. The first-order valence-electron chi connectivity index (χ1n) is 5.95. The molecule has 0 radical (unpaired) electrons. The summed E-state index contributed by atoms with van der Waals surface area (Å²) in [7, 11) is 0. The Morgan fingerprint density at radius 1 is 1.18 bits per heavy atom. The second-order valence-corrected chi connectivity index (χ2v) is 4.03. The van der Waals surface area contributed by atoms with E-state index in [9.17, 15) is 4.79 Å². The molecule has 0 unspecified atom stereocenters. The number of hydrogen-bond acceptors (Lipinski definition) is 2. The zero-order valence-electron chi connectivity index (χ0n) is 10.2. The quantitative estimate of drug-likeness (QED) is 0.663. The molecule has 0 saturated heterocycles. The Morgan fingerprint density at radius 3 is 2.53 bits per heavy atom. The van der Waals surface area contributed by atoms with E-state index in [-0.39, 0.29) is 12.6 Å². The van der Waals surface area contributed by atoms with Gasteiger partial charge in [0.05, 0.1) is 0 Å². The Bertz CT molecular complexity index is 336. The summed E-state index contributed by atoms with van der Waals surface area (Å²) >= 11 is 0. The fourth-order valence-electron chi connectivity index (χ4n) is 1.43. The van der Waals surface area contributed by atoms with Gasteiger partial charge in [-0.1, -0.05) is 17.7 Å². The van der Waals surface area contributed by atoms with Crippen LogP contribution in [0.3, 0.4) is 0 Å². The third-order valence-electron chi connectivity index (χ3n) is 2.43. The summed E-state index contributed by atoms with van der Waals surface area (Å²) < 4.78 is 0. The maximum atomic E-state index is 11.5. The molecule has 1 rings (SSSR count). The number of amides is 2.